The van der Waals surface area contributed by atoms with Gasteiger partial charge in [0.05, 0.1) is 0 Å². The zero-order valence-corrected chi connectivity index (χ0v) is 13.4. The molecule has 0 radical (unpaired) electrons. The summed E-state index contributed by atoms with van der Waals surface area (Å²) < 4.78 is 1.09. The Bertz CT molecular complexity index is 671. The van der Waals surface area contributed by atoms with Gasteiger partial charge in [-0.3, -0.25) is 0 Å². The largest absolute Gasteiger partial charge is 0.369 e. The van der Waals surface area contributed by atoms with Crippen molar-refractivity contribution in [1.82, 2.24) is 0 Å². The van der Waals surface area contributed by atoms with Gasteiger partial charge in [0.25, 0.3) is 0 Å². The maximum absolute atomic E-state index is 11.2. The normalized spacial score (nSPS) is 20.5. The van der Waals surface area contributed by atoms with Gasteiger partial charge in [-0.1, -0.05) is 35.7 Å². The highest BCUT2D eigenvalue weighted by Crippen LogP contribution is 2.38. The van der Waals surface area contributed by atoms with Crippen molar-refractivity contribution in [3.8, 4) is 12.3 Å². The number of aryl methyl sites for hydroxylation is 3. The van der Waals surface area contributed by atoms with Gasteiger partial charge < -0.3 is 5.11 Å². The van der Waals surface area contributed by atoms with E-state index in [1.165, 1.54) is 0 Å². The third-order valence-electron chi connectivity index (χ3n) is 3.99. The number of rotatable bonds is 0. The summed E-state index contributed by atoms with van der Waals surface area (Å²) in [5.74, 6) is 2.64. The van der Waals surface area contributed by atoms with E-state index in [-0.39, 0.29) is 0 Å². The molecule has 2 heteroatoms. The topological polar surface area (TPSA) is 20.2 Å². The molecule has 1 aliphatic carbocycles. The highest BCUT2D eigenvalue weighted by Gasteiger charge is 2.35. The van der Waals surface area contributed by atoms with Crippen molar-refractivity contribution in [2.24, 2.45) is 0 Å². The van der Waals surface area contributed by atoms with Crippen LogP contribution in [-0.4, -0.2) is 5.11 Å². The van der Waals surface area contributed by atoms with E-state index in [4.69, 9.17) is 6.42 Å². The lowest BCUT2D eigenvalue weighted by atomic mass is 9.83. The molecular weight excluding hydrogens is 359 g/mol. The summed E-state index contributed by atoms with van der Waals surface area (Å²) in [5.41, 5.74) is 3.79. The zero-order valence-electron chi connectivity index (χ0n) is 11.3. The van der Waals surface area contributed by atoms with Crippen LogP contribution >= 0.6 is 22.6 Å². The lowest BCUT2D eigenvalue weighted by Crippen LogP contribution is -2.26. The lowest BCUT2D eigenvalue weighted by Gasteiger charge is -2.26. The molecule has 0 fully saturated rings. The van der Waals surface area contributed by atoms with Gasteiger partial charge in [0.15, 0.2) is 5.60 Å². The fraction of sp³-hybridized carbons (Fsp3) is 0.222. The molecule has 2 aromatic carbocycles. The van der Waals surface area contributed by atoms with Crippen molar-refractivity contribution >= 4 is 22.6 Å². The van der Waals surface area contributed by atoms with Crippen LogP contribution in [0.25, 0.3) is 0 Å². The van der Waals surface area contributed by atoms with E-state index < -0.39 is 5.60 Å². The molecule has 0 spiro atoms. The molecule has 3 rings (SSSR count). The van der Waals surface area contributed by atoms with Crippen LogP contribution < -0.4 is 0 Å². The first-order valence-corrected chi connectivity index (χ1v) is 7.71. The van der Waals surface area contributed by atoms with E-state index in [9.17, 15) is 5.11 Å². The average molecular weight is 374 g/mol. The molecule has 1 aliphatic rings. The van der Waals surface area contributed by atoms with Crippen molar-refractivity contribution in [2.75, 3.05) is 0 Å². The number of hydrogen-bond donors (Lipinski definition) is 1. The van der Waals surface area contributed by atoms with E-state index in [2.05, 4.69) is 52.8 Å². The average Bonchev–Trinajstić information content (AvgIpc) is 2.56. The van der Waals surface area contributed by atoms with Crippen LogP contribution in [0.3, 0.4) is 0 Å². The van der Waals surface area contributed by atoms with Crippen LogP contribution in [-0.2, 0) is 18.4 Å². The molecule has 20 heavy (non-hydrogen) atoms. The summed E-state index contributed by atoms with van der Waals surface area (Å²) in [6.07, 6.45) is 7.55. The quantitative estimate of drug-likeness (QED) is 0.552. The first-order chi connectivity index (χ1) is 9.54. The number of hydrogen-bond acceptors (Lipinski definition) is 1. The Balaban J connectivity index is 2.34. The van der Waals surface area contributed by atoms with Crippen LogP contribution in [0.1, 0.15) is 27.8 Å². The van der Waals surface area contributed by atoms with Gasteiger partial charge >= 0.3 is 0 Å². The number of aliphatic hydroxyl groups is 1. The molecule has 0 aliphatic heterocycles. The number of terminal acetylenes is 1. The summed E-state index contributed by atoms with van der Waals surface area (Å²) in [6.45, 7) is 2.03. The van der Waals surface area contributed by atoms with Crippen LogP contribution in [0.15, 0.2) is 36.4 Å². The SMILES string of the molecule is C#CC1(O)c2cc(C)ccc2CCc2ccc(I)cc21. The van der Waals surface area contributed by atoms with Crippen LogP contribution in [0.2, 0.25) is 0 Å². The van der Waals surface area contributed by atoms with Gasteiger partial charge in [0, 0.05) is 14.7 Å². The molecule has 0 amide bonds. The van der Waals surface area contributed by atoms with Crippen molar-refractivity contribution < 1.29 is 5.11 Å². The molecule has 1 atom stereocenters. The van der Waals surface area contributed by atoms with Crippen molar-refractivity contribution in [1.29, 1.82) is 0 Å². The van der Waals surface area contributed by atoms with E-state index in [1.807, 2.05) is 19.1 Å². The summed E-state index contributed by atoms with van der Waals surface area (Å²) in [5, 5.41) is 11.2. The molecule has 0 bridgehead atoms. The minimum atomic E-state index is -1.33. The second-order valence-electron chi connectivity index (χ2n) is 5.32. The third kappa shape index (κ3) is 2.06. The first kappa shape index (κ1) is 13.7. The Hall–Kier alpha value is -1.31. The summed E-state index contributed by atoms with van der Waals surface area (Å²) in [4.78, 5) is 0. The van der Waals surface area contributed by atoms with E-state index in [1.54, 1.807) is 0 Å². The maximum atomic E-state index is 11.2. The molecule has 0 heterocycles. The maximum Gasteiger partial charge on any atom is 0.177 e. The van der Waals surface area contributed by atoms with Crippen LogP contribution in [0, 0.1) is 22.8 Å². The van der Waals surface area contributed by atoms with Gasteiger partial charge in [-0.15, -0.1) is 6.42 Å². The van der Waals surface area contributed by atoms with Gasteiger partial charge in [-0.25, -0.2) is 0 Å². The first-order valence-electron chi connectivity index (χ1n) is 6.63. The second kappa shape index (κ2) is 4.91. The number of benzene rings is 2. The standard InChI is InChI=1S/C18H15IO/c1-3-18(20)16-10-12(2)4-5-13(16)6-7-14-8-9-15(19)11-17(14)18/h1,4-5,8-11,20H,6-7H2,2H3. The number of fused-ring (bicyclic) bond motifs is 2. The van der Waals surface area contributed by atoms with Gasteiger partial charge in [0.2, 0.25) is 0 Å². The van der Waals surface area contributed by atoms with E-state index in [0.717, 1.165) is 44.2 Å². The fourth-order valence-corrected chi connectivity index (χ4v) is 3.41. The Labute approximate surface area is 133 Å². The lowest BCUT2D eigenvalue weighted by molar-refractivity contribution is 0.144. The predicted molar refractivity (Wildman–Crippen MR) is 89.6 cm³/mol. The minimum Gasteiger partial charge on any atom is -0.369 e. The van der Waals surface area contributed by atoms with Gasteiger partial charge in [-0.2, -0.15) is 0 Å². The third-order valence-corrected chi connectivity index (χ3v) is 4.66. The Morgan fingerprint density at radius 2 is 1.70 bits per heavy atom. The predicted octanol–water partition coefficient (Wildman–Crippen LogP) is 3.57. The minimum absolute atomic E-state index is 0.858. The van der Waals surface area contributed by atoms with Gasteiger partial charge in [0.1, 0.15) is 0 Å². The Morgan fingerprint density at radius 3 is 2.35 bits per heavy atom. The molecule has 2 aromatic rings. The molecule has 1 unspecified atom stereocenters. The van der Waals surface area contributed by atoms with Crippen LogP contribution in [0.5, 0.6) is 0 Å². The fourth-order valence-electron chi connectivity index (χ4n) is 2.92. The molecule has 1 N–H and O–H groups in total. The molecular formula is C18H15IO. The molecule has 0 saturated carbocycles. The monoisotopic (exact) mass is 374 g/mol. The summed E-state index contributed by atoms with van der Waals surface area (Å²) in [6, 6.07) is 12.3. The van der Waals surface area contributed by atoms with E-state index >= 15 is 0 Å². The Kier molecular flexibility index (Phi) is 3.35. The highest BCUT2D eigenvalue weighted by atomic mass is 127. The van der Waals surface area contributed by atoms with Crippen LogP contribution in [0.4, 0.5) is 0 Å². The van der Waals surface area contributed by atoms with E-state index in [0.29, 0.717) is 0 Å². The second-order valence-corrected chi connectivity index (χ2v) is 6.56. The Morgan fingerprint density at radius 1 is 1.10 bits per heavy atom. The molecule has 0 aromatic heterocycles. The molecule has 0 saturated heterocycles. The summed E-state index contributed by atoms with van der Waals surface area (Å²) in [7, 11) is 0. The summed E-state index contributed by atoms with van der Waals surface area (Å²) >= 11 is 2.26. The van der Waals surface area contributed by atoms with Crippen molar-refractivity contribution in [3.05, 3.63) is 67.8 Å². The smallest absolute Gasteiger partial charge is 0.177 e. The van der Waals surface area contributed by atoms with Gasteiger partial charge in [-0.05, 0) is 65.6 Å². The van der Waals surface area contributed by atoms with Crippen molar-refractivity contribution in [3.63, 3.8) is 0 Å². The molecule has 1 nitrogen and oxygen atoms in total. The number of halogens is 1. The van der Waals surface area contributed by atoms with Crippen molar-refractivity contribution in [2.45, 2.75) is 25.4 Å². The highest BCUT2D eigenvalue weighted by molar-refractivity contribution is 14.1. The zero-order chi connectivity index (χ0) is 14.3. The molecule has 100 valence electrons.